The second-order valence-electron chi connectivity index (χ2n) is 2.01. The molecule has 1 aromatic carbocycles. The van der Waals surface area contributed by atoms with Crippen molar-refractivity contribution < 1.29 is 0 Å². The van der Waals surface area contributed by atoms with E-state index in [4.69, 9.17) is 5.73 Å². The van der Waals surface area contributed by atoms with Crippen LogP contribution in [0.15, 0.2) is 22.7 Å². The van der Waals surface area contributed by atoms with Gasteiger partial charge in [0.05, 0.1) is 0 Å². The van der Waals surface area contributed by atoms with Gasteiger partial charge < -0.3 is 5.73 Å². The summed E-state index contributed by atoms with van der Waals surface area (Å²) in [6.45, 7) is 6.01. The van der Waals surface area contributed by atoms with E-state index in [1.807, 2.05) is 39.0 Å². The molecule has 0 bridgehead atoms. The molecule has 0 aromatic heterocycles. The van der Waals surface area contributed by atoms with Gasteiger partial charge in [0.2, 0.25) is 0 Å². The van der Waals surface area contributed by atoms with Crippen molar-refractivity contribution >= 4 is 21.6 Å². The second-order valence-corrected chi connectivity index (χ2v) is 2.86. The van der Waals surface area contributed by atoms with Crippen LogP contribution < -0.4 is 5.73 Å². The standard InChI is InChI=1S/C7H8BrN.C2H6/c1-5-4-6(9)2-3-7(5)8;1-2/h2-4H,9H2,1H3;1-2H3. The van der Waals surface area contributed by atoms with Gasteiger partial charge in [0.15, 0.2) is 0 Å². The Balaban J connectivity index is 0.000000461. The molecule has 0 aliphatic rings. The molecule has 0 unspecified atom stereocenters. The Morgan fingerprint density at radius 3 is 2.18 bits per heavy atom. The Bertz CT molecular complexity index is 221. The van der Waals surface area contributed by atoms with Gasteiger partial charge in [-0.25, -0.2) is 0 Å². The molecule has 2 heteroatoms. The van der Waals surface area contributed by atoms with Gasteiger partial charge in [0, 0.05) is 10.2 Å². The first-order valence-corrected chi connectivity index (χ1v) is 4.51. The zero-order valence-electron chi connectivity index (χ0n) is 7.19. The van der Waals surface area contributed by atoms with Gasteiger partial charge in [-0.3, -0.25) is 0 Å². The fraction of sp³-hybridized carbons (Fsp3) is 0.333. The van der Waals surface area contributed by atoms with Crippen LogP contribution in [0.1, 0.15) is 19.4 Å². The van der Waals surface area contributed by atoms with Crippen LogP contribution in [0.25, 0.3) is 0 Å². The van der Waals surface area contributed by atoms with Crippen molar-refractivity contribution in [3.63, 3.8) is 0 Å². The summed E-state index contributed by atoms with van der Waals surface area (Å²) in [5, 5.41) is 0. The highest BCUT2D eigenvalue weighted by Gasteiger charge is 1.91. The molecule has 2 N–H and O–H groups in total. The van der Waals surface area contributed by atoms with Crippen molar-refractivity contribution in [1.82, 2.24) is 0 Å². The average molecular weight is 216 g/mol. The van der Waals surface area contributed by atoms with E-state index in [0.717, 1.165) is 10.2 Å². The third-order valence-corrected chi connectivity index (χ3v) is 2.07. The van der Waals surface area contributed by atoms with Crippen LogP contribution in [0.2, 0.25) is 0 Å². The number of aryl methyl sites for hydroxylation is 1. The van der Waals surface area contributed by atoms with Crippen molar-refractivity contribution in [2.45, 2.75) is 20.8 Å². The monoisotopic (exact) mass is 215 g/mol. The minimum Gasteiger partial charge on any atom is -0.399 e. The lowest BCUT2D eigenvalue weighted by Crippen LogP contribution is -1.84. The molecule has 0 amide bonds. The first-order valence-electron chi connectivity index (χ1n) is 3.72. The number of hydrogen-bond acceptors (Lipinski definition) is 1. The van der Waals surface area contributed by atoms with Crippen molar-refractivity contribution in [3.05, 3.63) is 28.2 Å². The molecule has 1 rings (SSSR count). The first-order chi connectivity index (χ1) is 5.20. The number of nitrogen functional groups attached to an aromatic ring is 1. The summed E-state index contributed by atoms with van der Waals surface area (Å²) in [5.41, 5.74) is 7.50. The molecular weight excluding hydrogens is 202 g/mol. The molecule has 0 aliphatic carbocycles. The number of halogens is 1. The molecule has 1 nitrogen and oxygen atoms in total. The van der Waals surface area contributed by atoms with Crippen LogP contribution in [-0.2, 0) is 0 Å². The molecule has 0 saturated heterocycles. The topological polar surface area (TPSA) is 26.0 Å². The van der Waals surface area contributed by atoms with Gasteiger partial charge >= 0.3 is 0 Å². The zero-order chi connectivity index (χ0) is 8.85. The third-order valence-electron chi connectivity index (χ3n) is 1.18. The molecule has 0 fully saturated rings. The number of hydrogen-bond donors (Lipinski definition) is 1. The van der Waals surface area contributed by atoms with Crippen LogP contribution in [0, 0.1) is 6.92 Å². The van der Waals surface area contributed by atoms with E-state index in [9.17, 15) is 0 Å². The van der Waals surface area contributed by atoms with Crippen LogP contribution in [0.4, 0.5) is 5.69 Å². The number of rotatable bonds is 0. The van der Waals surface area contributed by atoms with Crippen molar-refractivity contribution in [3.8, 4) is 0 Å². The second kappa shape index (κ2) is 5.19. The predicted octanol–water partition coefficient (Wildman–Crippen LogP) is 3.37. The molecule has 0 saturated carbocycles. The van der Waals surface area contributed by atoms with E-state index < -0.39 is 0 Å². The first kappa shape index (κ1) is 10.5. The quantitative estimate of drug-likeness (QED) is 0.661. The van der Waals surface area contributed by atoms with Gasteiger partial charge in [-0.05, 0) is 30.7 Å². The van der Waals surface area contributed by atoms with E-state index in [1.54, 1.807) is 0 Å². The Morgan fingerprint density at radius 1 is 1.27 bits per heavy atom. The highest BCUT2D eigenvalue weighted by Crippen LogP contribution is 2.17. The normalized spacial score (nSPS) is 8.36. The predicted molar refractivity (Wildman–Crippen MR) is 54.6 cm³/mol. The van der Waals surface area contributed by atoms with E-state index >= 15 is 0 Å². The van der Waals surface area contributed by atoms with Crippen LogP contribution in [-0.4, -0.2) is 0 Å². The van der Waals surface area contributed by atoms with Gasteiger partial charge in [0.25, 0.3) is 0 Å². The van der Waals surface area contributed by atoms with E-state index in [0.29, 0.717) is 0 Å². The maximum atomic E-state index is 5.51. The Labute approximate surface area is 76.7 Å². The molecular formula is C9H14BrN. The zero-order valence-corrected chi connectivity index (χ0v) is 8.77. The molecule has 0 heterocycles. The van der Waals surface area contributed by atoms with Crippen LogP contribution in [0.3, 0.4) is 0 Å². The van der Waals surface area contributed by atoms with Gasteiger partial charge in [-0.2, -0.15) is 0 Å². The summed E-state index contributed by atoms with van der Waals surface area (Å²) in [6, 6.07) is 5.76. The summed E-state index contributed by atoms with van der Waals surface area (Å²) in [6.07, 6.45) is 0. The summed E-state index contributed by atoms with van der Waals surface area (Å²) in [5.74, 6) is 0. The highest BCUT2D eigenvalue weighted by atomic mass is 79.9. The maximum absolute atomic E-state index is 5.51. The summed E-state index contributed by atoms with van der Waals surface area (Å²) >= 11 is 3.37. The molecule has 0 aliphatic heterocycles. The molecule has 0 spiro atoms. The summed E-state index contributed by atoms with van der Waals surface area (Å²) in [7, 11) is 0. The SMILES string of the molecule is CC.Cc1cc(N)ccc1Br. The largest absolute Gasteiger partial charge is 0.399 e. The lowest BCUT2D eigenvalue weighted by molar-refractivity contribution is 1.43. The molecule has 11 heavy (non-hydrogen) atoms. The third kappa shape index (κ3) is 3.42. The van der Waals surface area contributed by atoms with Gasteiger partial charge in [0.1, 0.15) is 0 Å². The highest BCUT2D eigenvalue weighted by molar-refractivity contribution is 9.10. The van der Waals surface area contributed by atoms with Crippen molar-refractivity contribution in [2.24, 2.45) is 0 Å². The van der Waals surface area contributed by atoms with E-state index in [2.05, 4.69) is 15.9 Å². The minimum atomic E-state index is 0.815. The fourth-order valence-electron chi connectivity index (χ4n) is 0.668. The Hall–Kier alpha value is -0.500. The Kier molecular flexibility index (Phi) is 4.95. The fourth-order valence-corrected chi connectivity index (χ4v) is 0.915. The Morgan fingerprint density at radius 2 is 1.82 bits per heavy atom. The number of benzene rings is 1. The summed E-state index contributed by atoms with van der Waals surface area (Å²) < 4.78 is 1.11. The average Bonchev–Trinajstić information content (AvgIpc) is 2.02. The smallest absolute Gasteiger partial charge is 0.0317 e. The van der Waals surface area contributed by atoms with Crippen molar-refractivity contribution in [1.29, 1.82) is 0 Å². The van der Waals surface area contributed by atoms with Crippen molar-refractivity contribution in [2.75, 3.05) is 5.73 Å². The van der Waals surface area contributed by atoms with E-state index in [-0.39, 0.29) is 0 Å². The molecule has 0 atom stereocenters. The van der Waals surface area contributed by atoms with Crippen LogP contribution in [0.5, 0.6) is 0 Å². The number of nitrogens with two attached hydrogens (primary N) is 1. The van der Waals surface area contributed by atoms with Gasteiger partial charge in [-0.1, -0.05) is 29.8 Å². The summed E-state index contributed by atoms with van der Waals surface area (Å²) in [4.78, 5) is 0. The molecule has 1 aromatic rings. The van der Waals surface area contributed by atoms with E-state index in [1.165, 1.54) is 5.56 Å². The molecule has 0 radical (unpaired) electrons. The lowest BCUT2D eigenvalue weighted by Gasteiger charge is -1.96. The van der Waals surface area contributed by atoms with Crippen LogP contribution >= 0.6 is 15.9 Å². The maximum Gasteiger partial charge on any atom is 0.0317 e. The van der Waals surface area contributed by atoms with Gasteiger partial charge in [-0.15, -0.1) is 0 Å². The lowest BCUT2D eigenvalue weighted by atomic mass is 10.2. The minimum absolute atomic E-state index is 0.815. The molecule has 62 valence electrons. The number of anilines is 1.